The predicted octanol–water partition coefficient (Wildman–Crippen LogP) is 3.01. The molecule has 0 N–H and O–H groups in total. The number of para-hydroxylation sites is 2. The van der Waals surface area contributed by atoms with E-state index in [1.54, 1.807) is 0 Å². The molecule has 1 saturated heterocycles. The Morgan fingerprint density at radius 3 is 2.64 bits per heavy atom. The van der Waals surface area contributed by atoms with E-state index >= 15 is 0 Å². The van der Waals surface area contributed by atoms with E-state index in [0.717, 1.165) is 35.5 Å². The number of hydrogen-bond acceptors (Lipinski definition) is 4. The van der Waals surface area contributed by atoms with Gasteiger partial charge in [-0.05, 0) is 31.9 Å². The zero-order chi connectivity index (χ0) is 15.1. The second-order valence-corrected chi connectivity index (χ2v) is 5.92. The summed E-state index contributed by atoms with van der Waals surface area (Å²) in [4.78, 5) is 12.0. The zero-order valence-corrected chi connectivity index (χ0v) is 12.9. The van der Waals surface area contributed by atoms with Crippen LogP contribution in [0.2, 0.25) is 0 Å². The van der Waals surface area contributed by atoms with Crippen LogP contribution in [0.4, 0.5) is 5.82 Å². The van der Waals surface area contributed by atoms with Gasteiger partial charge in [0, 0.05) is 25.4 Å². The number of hydrogen-bond donors (Lipinski definition) is 0. The quantitative estimate of drug-likeness (QED) is 0.728. The minimum Gasteiger partial charge on any atom is -0.348 e. The molecule has 4 rings (SSSR count). The minimum atomic E-state index is 0.350. The van der Waals surface area contributed by atoms with E-state index in [1.165, 1.54) is 12.0 Å². The van der Waals surface area contributed by atoms with Crippen LogP contribution < -0.4 is 4.90 Å². The van der Waals surface area contributed by atoms with Crippen LogP contribution in [-0.4, -0.2) is 26.3 Å². The monoisotopic (exact) mass is 293 g/mol. The van der Waals surface area contributed by atoms with Crippen LogP contribution in [0, 0.1) is 6.92 Å². The van der Waals surface area contributed by atoms with Gasteiger partial charge in [0.1, 0.15) is 0 Å². The van der Waals surface area contributed by atoms with E-state index < -0.39 is 0 Å². The van der Waals surface area contributed by atoms with Crippen molar-refractivity contribution in [2.24, 2.45) is 7.05 Å². The molecule has 0 radical (unpaired) electrons. The Balaban J connectivity index is 1.78. The van der Waals surface area contributed by atoms with Crippen LogP contribution in [-0.2, 0) is 7.05 Å². The Bertz CT molecular complexity index is 823. The molecular formula is C17H19N5. The molecule has 112 valence electrons. The Morgan fingerprint density at radius 1 is 1.14 bits per heavy atom. The fraction of sp³-hybridized carbons (Fsp3) is 0.353. The lowest BCUT2D eigenvalue weighted by Gasteiger charge is -2.26. The van der Waals surface area contributed by atoms with Gasteiger partial charge in [0.25, 0.3) is 0 Å². The molecule has 1 aliphatic rings. The normalized spacial score (nSPS) is 18.3. The average molecular weight is 293 g/mol. The van der Waals surface area contributed by atoms with Crippen molar-refractivity contribution in [3.8, 4) is 0 Å². The molecule has 2 aromatic heterocycles. The van der Waals surface area contributed by atoms with E-state index in [4.69, 9.17) is 9.97 Å². The summed E-state index contributed by atoms with van der Waals surface area (Å²) in [6.45, 7) is 3.07. The number of anilines is 1. The molecule has 5 nitrogen and oxygen atoms in total. The fourth-order valence-corrected chi connectivity index (χ4v) is 3.33. The van der Waals surface area contributed by atoms with Crippen molar-refractivity contribution in [3.63, 3.8) is 0 Å². The van der Waals surface area contributed by atoms with Gasteiger partial charge in [0.05, 0.1) is 29.0 Å². The first-order valence-electron chi connectivity index (χ1n) is 7.71. The summed E-state index contributed by atoms with van der Waals surface area (Å²) in [5.41, 5.74) is 4.17. The lowest BCUT2D eigenvalue weighted by molar-refractivity contribution is 0.705. The molecule has 0 aliphatic carbocycles. The number of aryl methyl sites for hydroxylation is 2. The summed E-state index contributed by atoms with van der Waals surface area (Å²) in [7, 11) is 1.96. The van der Waals surface area contributed by atoms with Crippen LogP contribution in [0.5, 0.6) is 0 Å². The van der Waals surface area contributed by atoms with Crippen molar-refractivity contribution in [2.75, 3.05) is 11.4 Å². The maximum atomic E-state index is 4.88. The van der Waals surface area contributed by atoms with Gasteiger partial charge in [-0.2, -0.15) is 5.10 Å². The molecule has 22 heavy (non-hydrogen) atoms. The van der Waals surface area contributed by atoms with Gasteiger partial charge in [0.2, 0.25) is 0 Å². The summed E-state index contributed by atoms with van der Waals surface area (Å²) in [5.74, 6) is 1.00. The molecule has 1 fully saturated rings. The highest BCUT2D eigenvalue weighted by molar-refractivity contribution is 5.76. The first-order valence-corrected chi connectivity index (χ1v) is 7.71. The summed E-state index contributed by atoms with van der Waals surface area (Å²) < 4.78 is 1.87. The third-order valence-corrected chi connectivity index (χ3v) is 4.35. The van der Waals surface area contributed by atoms with E-state index in [1.807, 2.05) is 49.1 Å². The Morgan fingerprint density at radius 2 is 1.91 bits per heavy atom. The summed E-state index contributed by atoms with van der Waals surface area (Å²) >= 11 is 0. The molecule has 3 aromatic rings. The average Bonchev–Trinajstić information content (AvgIpc) is 3.15. The lowest BCUT2D eigenvalue weighted by Crippen LogP contribution is -2.24. The number of benzene rings is 1. The molecule has 1 atom stereocenters. The molecular weight excluding hydrogens is 274 g/mol. The largest absolute Gasteiger partial charge is 0.348 e. The van der Waals surface area contributed by atoms with Crippen molar-refractivity contribution in [2.45, 2.75) is 25.8 Å². The van der Waals surface area contributed by atoms with E-state index in [2.05, 4.69) is 16.2 Å². The molecule has 1 aromatic carbocycles. The van der Waals surface area contributed by atoms with Crippen LogP contribution >= 0.6 is 0 Å². The van der Waals surface area contributed by atoms with Gasteiger partial charge in [-0.15, -0.1) is 0 Å². The van der Waals surface area contributed by atoms with Gasteiger partial charge in [-0.25, -0.2) is 9.97 Å². The fourth-order valence-electron chi connectivity index (χ4n) is 3.33. The first-order chi connectivity index (χ1) is 10.7. The molecule has 0 spiro atoms. The number of aromatic nitrogens is 4. The summed E-state index contributed by atoms with van der Waals surface area (Å²) in [5, 5.41) is 4.32. The molecule has 1 aliphatic heterocycles. The molecule has 0 saturated carbocycles. The van der Waals surface area contributed by atoms with Gasteiger partial charge in [-0.1, -0.05) is 12.1 Å². The van der Waals surface area contributed by atoms with Crippen molar-refractivity contribution in [3.05, 3.63) is 47.9 Å². The highest BCUT2D eigenvalue weighted by atomic mass is 15.3. The topological polar surface area (TPSA) is 46.8 Å². The van der Waals surface area contributed by atoms with Gasteiger partial charge < -0.3 is 4.90 Å². The highest BCUT2D eigenvalue weighted by Crippen LogP contribution is 2.36. The molecule has 3 heterocycles. The van der Waals surface area contributed by atoms with Crippen LogP contribution in [0.3, 0.4) is 0 Å². The zero-order valence-electron chi connectivity index (χ0n) is 12.9. The predicted molar refractivity (Wildman–Crippen MR) is 86.8 cm³/mol. The van der Waals surface area contributed by atoms with Crippen LogP contribution in [0.1, 0.15) is 30.1 Å². The summed E-state index contributed by atoms with van der Waals surface area (Å²) in [6, 6.07) is 8.41. The minimum absolute atomic E-state index is 0.350. The Kier molecular flexibility index (Phi) is 3.06. The second kappa shape index (κ2) is 5.09. The third kappa shape index (κ3) is 2.13. The Labute approximate surface area is 129 Å². The molecule has 5 heteroatoms. The van der Waals surface area contributed by atoms with Crippen LogP contribution in [0.15, 0.2) is 36.7 Å². The van der Waals surface area contributed by atoms with Crippen molar-refractivity contribution in [1.82, 2.24) is 19.7 Å². The van der Waals surface area contributed by atoms with Gasteiger partial charge in [0.15, 0.2) is 5.82 Å². The molecule has 0 bridgehead atoms. The Hall–Kier alpha value is -2.43. The van der Waals surface area contributed by atoms with Gasteiger partial charge >= 0.3 is 0 Å². The summed E-state index contributed by atoms with van der Waals surface area (Å²) in [6.07, 6.45) is 6.38. The standard InChI is InChI=1S/C17H19N5/c1-12-17(20-15-7-4-3-6-14(15)19-12)22-9-5-8-16(22)13-10-18-21(2)11-13/h3-4,6-7,10-11,16H,5,8-9H2,1-2H3. The third-order valence-electron chi connectivity index (χ3n) is 4.35. The van der Waals surface area contributed by atoms with E-state index in [0.29, 0.717) is 6.04 Å². The van der Waals surface area contributed by atoms with Crippen molar-refractivity contribution < 1.29 is 0 Å². The molecule has 1 unspecified atom stereocenters. The SMILES string of the molecule is Cc1nc2ccccc2nc1N1CCCC1c1cnn(C)c1. The van der Waals surface area contributed by atoms with E-state index in [9.17, 15) is 0 Å². The van der Waals surface area contributed by atoms with Crippen LogP contribution in [0.25, 0.3) is 11.0 Å². The maximum absolute atomic E-state index is 4.88. The first kappa shape index (κ1) is 13.2. The van der Waals surface area contributed by atoms with Gasteiger partial charge in [-0.3, -0.25) is 4.68 Å². The maximum Gasteiger partial charge on any atom is 0.151 e. The van der Waals surface area contributed by atoms with Crippen molar-refractivity contribution >= 4 is 16.9 Å². The highest BCUT2D eigenvalue weighted by Gasteiger charge is 2.29. The number of rotatable bonds is 2. The van der Waals surface area contributed by atoms with Crippen molar-refractivity contribution in [1.29, 1.82) is 0 Å². The second-order valence-electron chi connectivity index (χ2n) is 5.92. The smallest absolute Gasteiger partial charge is 0.151 e. The molecule has 0 amide bonds. The number of fused-ring (bicyclic) bond motifs is 1. The number of nitrogens with zero attached hydrogens (tertiary/aromatic N) is 5. The lowest BCUT2D eigenvalue weighted by atomic mass is 10.1. The van der Waals surface area contributed by atoms with E-state index in [-0.39, 0.29) is 0 Å².